The number of halogens is 2. The number of pyridine rings is 1. The Hall–Kier alpha value is -3.79. The molecule has 2 saturated heterocycles. The van der Waals surface area contributed by atoms with Crippen LogP contribution in [0.3, 0.4) is 0 Å². The van der Waals surface area contributed by atoms with Gasteiger partial charge in [-0.25, -0.2) is 9.37 Å². The third-order valence-corrected chi connectivity index (χ3v) is 12.6. The lowest BCUT2D eigenvalue weighted by atomic mass is 9.74. The molecule has 4 fully saturated rings. The number of benzene rings is 1. The van der Waals surface area contributed by atoms with Gasteiger partial charge in [-0.15, -0.1) is 0 Å². The summed E-state index contributed by atoms with van der Waals surface area (Å²) in [5.74, 6) is -0.115. The maximum atomic E-state index is 17.1. The van der Waals surface area contributed by atoms with Crippen molar-refractivity contribution in [2.75, 3.05) is 57.2 Å². The summed E-state index contributed by atoms with van der Waals surface area (Å²) in [7, 11) is 1.48. The highest BCUT2D eigenvalue weighted by Crippen LogP contribution is 2.52. The monoisotopic (exact) mass is 718 g/mol. The second-order valence-corrected chi connectivity index (χ2v) is 15.2. The lowest BCUT2D eigenvalue weighted by Gasteiger charge is -2.48. The van der Waals surface area contributed by atoms with Crippen molar-refractivity contribution in [3.63, 3.8) is 0 Å². The van der Waals surface area contributed by atoms with Crippen LogP contribution in [0.25, 0.3) is 22.2 Å². The Morgan fingerprint density at radius 1 is 1.16 bits per heavy atom. The molecular formula is C38H48ClFN8O3. The molecule has 2 saturated carbocycles. The largest absolute Gasteiger partial charge is 0.480 e. The molecule has 0 bridgehead atoms. The van der Waals surface area contributed by atoms with Gasteiger partial charge in [0.25, 0.3) is 0 Å². The average molecular weight is 719 g/mol. The first-order valence-corrected chi connectivity index (χ1v) is 18.7. The summed E-state index contributed by atoms with van der Waals surface area (Å²) < 4.78 is 35.3. The molecule has 1 aromatic carbocycles. The van der Waals surface area contributed by atoms with Gasteiger partial charge in [-0.1, -0.05) is 24.9 Å². The number of ether oxygens (including phenoxy) is 3. The molecule has 2 aromatic heterocycles. The number of anilines is 2. The first-order valence-electron chi connectivity index (χ1n) is 18.3. The van der Waals surface area contributed by atoms with Gasteiger partial charge in [-0.3, -0.25) is 4.90 Å². The van der Waals surface area contributed by atoms with Gasteiger partial charge in [0.2, 0.25) is 5.88 Å². The Morgan fingerprint density at radius 2 is 1.98 bits per heavy atom. The number of nitrogens with one attached hydrogen (secondary N) is 1. The van der Waals surface area contributed by atoms with Crippen LogP contribution in [0, 0.1) is 40.3 Å². The number of fused-ring (bicyclic) bond motifs is 2. The van der Waals surface area contributed by atoms with E-state index in [2.05, 4.69) is 27.8 Å². The van der Waals surface area contributed by atoms with E-state index in [1.165, 1.54) is 7.11 Å². The first kappa shape index (κ1) is 35.6. The number of aryl methyl sites for hydroxylation is 1. The number of piperidine rings is 1. The van der Waals surface area contributed by atoms with Crippen molar-refractivity contribution < 1.29 is 18.6 Å². The second kappa shape index (κ2) is 14.3. The van der Waals surface area contributed by atoms with Crippen molar-refractivity contribution >= 4 is 40.2 Å². The van der Waals surface area contributed by atoms with Crippen LogP contribution in [-0.4, -0.2) is 84.7 Å². The summed E-state index contributed by atoms with van der Waals surface area (Å²) in [5, 5.41) is 18.7. The van der Waals surface area contributed by atoms with Crippen molar-refractivity contribution in [3.05, 3.63) is 28.0 Å². The molecule has 2 aliphatic carbocycles. The van der Waals surface area contributed by atoms with E-state index in [-0.39, 0.29) is 55.8 Å². The minimum absolute atomic E-state index is 0.00167. The highest BCUT2D eigenvalue weighted by molar-refractivity contribution is 6.35. The van der Waals surface area contributed by atoms with Crippen molar-refractivity contribution in [2.24, 2.45) is 10.8 Å². The fourth-order valence-corrected chi connectivity index (χ4v) is 9.60. The van der Waals surface area contributed by atoms with Gasteiger partial charge < -0.3 is 30.3 Å². The van der Waals surface area contributed by atoms with E-state index >= 15 is 4.39 Å². The van der Waals surface area contributed by atoms with E-state index in [9.17, 15) is 5.26 Å². The maximum Gasteiger partial charge on any atom is 0.319 e. The summed E-state index contributed by atoms with van der Waals surface area (Å²) >= 11 is 6.78. The third kappa shape index (κ3) is 6.25. The predicted molar refractivity (Wildman–Crippen MR) is 196 cm³/mol. The van der Waals surface area contributed by atoms with Crippen molar-refractivity contribution in [1.82, 2.24) is 19.9 Å². The Balaban J connectivity index is 1.30. The quantitative estimate of drug-likeness (QED) is 0.174. The smallest absolute Gasteiger partial charge is 0.319 e. The molecule has 0 radical (unpaired) electrons. The van der Waals surface area contributed by atoms with Gasteiger partial charge in [-0.2, -0.15) is 15.2 Å². The Bertz CT molecular complexity index is 1860. The van der Waals surface area contributed by atoms with Crippen molar-refractivity contribution in [1.29, 1.82) is 10.7 Å². The lowest BCUT2D eigenvalue weighted by molar-refractivity contribution is -0.0228. The van der Waals surface area contributed by atoms with E-state index in [4.69, 9.17) is 46.9 Å². The molecular weight excluding hydrogens is 671 g/mol. The minimum Gasteiger partial charge on any atom is -0.480 e. The first-order chi connectivity index (χ1) is 24.7. The van der Waals surface area contributed by atoms with Crippen LogP contribution in [0.15, 0.2) is 6.07 Å². The third-order valence-electron chi connectivity index (χ3n) is 12.1. The second-order valence-electron chi connectivity index (χ2n) is 14.9. The summed E-state index contributed by atoms with van der Waals surface area (Å²) in [6.07, 6.45) is 11.0. The molecule has 0 amide bonds. The molecule has 3 aromatic rings. The molecule has 2 aliphatic heterocycles. The van der Waals surface area contributed by atoms with Crippen LogP contribution >= 0.6 is 11.6 Å². The van der Waals surface area contributed by atoms with E-state index < -0.39 is 5.82 Å². The SMILES string of the molecule is CCC1(C#N)CCC(N2CCCC3(COc4nc(N5CCCOCC5)c5c(OC)nc(-c6c(Cl)c(C)cc(N)c6C=N)c(F)c5n4)CCCC23)C1. The van der Waals surface area contributed by atoms with Gasteiger partial charge in [0, 0.05) is 60.2 Å². The van der Waals surface area contributed by atoms with Crippen molar-refractivity contribution in [2.45, 2.75) is 90.1 Å². The number of nitrogens with zero attached hydrogens (tertiary/aromatic N) is 6. The number of nitrogens with two attached hydrogens (primary N) is 1. The highest BCUT2D eigenvalue weighted by Gasteiger charge is 2.52. The molecule has 272 valence electrons. The van der Waals surface area contributed by atoms with Crippen LogP contribution in [0.2, 0.25) is 5.02 Å². The molecule has 4 heterocycles. The highest BCUT2D eigenvalue weighted by atomic mass is 35.5. The molecule has 7 rings (SSSR count). The number of aromatic nitrogens is 3. The van der Waals surface area contributed by atoms with Crippen LogP contribution in [0.4, 0.5) is 15.9 Å². The Labute approximate surface area is 304 Å². The fraction of sp³-hybridized carbons (Fsp3) is 0.605. The van der Waals surface area contributed by atoms with Crippen LogP contribution in [-0.2, 0) is 4.74 Å². The topological polar surface area (TPSA) is 146 Å². The summed E-state index contributed by atoms with van der Waals surface area (Å²) in [6, 6.07) is 5.17. The number of hydrogen-bond donors (Lipinski definition) is 2. The normalized spacial score (nSPS) is 26.9. The fourth-order valence-electron chi connectivity index (χ4n) is 9.36. The standard InChI is InChI=1S/C38H48ClFN8O3/c1-4-37(21-42)12-9-24(19-37)48-14-6-11-38(10-5-8-27(38)48)22-51-36-45-33-29(34(46-36)47-13-7-16-50-17-15-47)35(49-3)44-32(31(33)40)28-25(20-41)26(43)18-23(2)30(28)39/h18,20,24,27,41H,4-17,19,22,43H2,1-3H3. The van der Waals surface area contributed by atoms with Crippen molar-refractivity contribution in [3.8, 4) is 29.2 Å². The molecule has 4 aliphatic rings. The molecule has 11 nitrogen and oxygen atoms in total. The Morgan fingerprint density at radius 3 is 2.73 bits per heavy atom. The molecule has 13 heteroatoms. The molecule has 3 N–H and O–H groups in total. The number of nitriles is 1. The number of methoxy groups -OCH3 is 1. The van der Waals surface area contributed by atoms with Gasteiger partial charge in [0.1, 0.15) is 22.4 Å². The molecule has 51 heavy (non-hydrogen) atoms. The van der Waals surface area contributed by atoms with E-state index in [1.54, 1.807) is 13.0 Å². The number of rotatable bonds is 9. The zero-order valence-corrected chi connectivity index (χ0v) is 30.6. The van der Waals surface area contributed by atoms with Crippen LogP contribution in [0.5, 0.6) is 11.9 Å². The van der Waals surface area contributed by atoms with E-state index in [0.717, 1.165) is 77.0 Å². The minimum atomic E-state index is -0.723. The number of likely N-dealkylation sites (tertiary alicyclic amines) is 1. The summed E-state index contributed by atoms with van der Waals surface area (Å²) in [5.41, 5.74) is 7.26. The van der Waals surface area contributed by atoms with E-state index in [1.807, 2.05) is 0 Å². The summed E-state index contributed by atoms with van der Waals surface area (Å²) in [4.78, 5) is 19.1. The number of nitrogen functional groups attached to an aromatic ring is 1. The number of hydrogen-bond acceptors (Lipinski definition) is 11. The van der Waals surface area contributed by atoms with Gasteiger partial charge in [0.15, 0.2) is 5.82 Å². The molecule has 4 atom stereocenters. The maximum absolute atomic E-state index is 17.1. The van der Waals surface area contributed by atoms with Crippen LogP contribution in [0.1, 0.15) is 82.3 Å². The van der Waals surface area contributed by atoms with Gasteiger partial charge in [-0.05, 0) is 82.9 Å². The summed E-state index contributed by atoms with van der Waals surface area (Å²) in [6.45, 7) is 7.67. The zero-order valence-electron chi connectivity index (χ0n) is 29.9. The Kier molecular flexibility index (Phi) is 10.00. The zero-order chi connectivity index (χ0) is 35.9. The molecule has 0 spiro atoms. The van der Waals surface area contributed by atoms with E-state index in [0.29, 0.717) is 61.8 Å². The van der Waals surface area contributed by atoms with Gasteiger partial charge in [0.05, 0.1) is 36.8 Å². The lowest BCUT2D eigenvalue weighted by Crippen LogP contribution is -2.55. The predicted octanol–water partition coefficient (Wildman–Crippen LogP) is 7.09. The molecule has 4 unspecified atom stereocenters. The average Bonchev–Trinajstić information content (AvgIpc) is 3.69. The van der Waals surface area contributed by atoms with Crippen LogP contribution < -0.4 is 20.1 Å². The van der Waals surface area contributed by atoms with Gasteiger partial charge >= 0.3 is 6.01 Å².